The third kappa shape index (κ3) is 5.81. The molecule has 2 unspecified atom stereocenters. The topological polar surface area (TPSA) is 115 Å². The van der Waals surface area contributed by atoms with Crippen molar-refractivity contribution in [1.29, 1.82) is 5.26 Å². The Morgan fingerprint density at radius 1 is 1.21 bits per heavy atom. The van der Waals surface area contributed by atoms with E-state index in [-0.39, 0.29) is 16.5 Å². The Bertz CT molecular complexity index is 1300. The average Bonchev–Trinajstić information content (AvgIpc) is 3.48. The molecule has 0 amide bonds. The maximum absolute atomic E-state index is 10.8. The molecule has 8 nitrogen and oxygen atoms in total. The van der Waals surface area contributed by atoms with Crippen molar-refractivity contribution in [3.63, 3.8) is 0 Å². The van der Waals surface area contributed by atoms with Crippen molar-refractivity contribution >= 4 is 29.2 Å². The molecule has 0 bridgehead atoms. The Morgan fingerprint density at radius 2 is 2.06 bits per heavy atom. The second-order valence-corrected chi connectivity index (χ2v) is 8.19. The van der Waals surface area contributed by atoms with Crippen molar-refractivity contribution in [2.75, 3.05) is 7.11 Å². The van der Waals surface area contributed by atoms with Crippen LogP contribution in [0.15, 0.2) is 49.1 Å². The zero-order valence-electron chi connectivity index (χ0n) is 17.6. The van der Waals surface area contributed by atoms with Crippen LogP contribution in [0.5, 0.6) is 5.75 Å². The summed E-state index contributed by atoms with van der Waals surface area (Å²) in [5, 5.41) is 17.8. The summed E-state index contributed by atoms with van der Waals surface area (Å²) in [7, 11) is 1.52. The molecule has 0 saturated heterocycles. The second kappa shape index (κ2) is 11.8. The van der Waals surface area contributed by atoms with Gasteiger partial charge in [-0.1, -0.05) is 35.2 Å². The van der Waals surface area contributed by atoms with Gasteiger partial charge in [0.1, 0.15) is 22.7 Å². The number of halogens is 1. The second-order valence-electron chi connectivity index (χ2n) is 7.00. The molecule has 11 heteroatoms. The van der Waals surface area contributed by atoms with E-state index in [0.717, 1.165) is 11.4 Å². The first kappa shape index (κ1) is 25.4. The molecule has 4 aromatic rings. The van der Waals surface area contributed by atoms with Crippen molar-refractivity contribution in [3.05, 3.63) is 81.5 Å². The number of carbonyl (C=O) groups excluding carboxylic acids is 1. The normalized spacial score (nSPS) is 15.7. The quantitative estimate of drug-likeness (QED) is 0.214. The predicted molar refractivity (Wildman–Crippen MR) is 122 cm³/mol. The van der Waals surface area contributed by atoms with E-state index in [4.69, 9.17) is 21.6 Å². The van der Waals surface area contributed by atoms with E-state index in [1.54, 1.807) is 30.6 Å². The SMILES string of the molecule is COc1cnc(Cl)cc1-c1cnccc1[C-]=O.N#Cc1ccc(C2CC2c2nn[c-]s2)cn1.[Ni+2]. The van der Waals surface area contributed by atoms with Crippen LogP contribution in [0.2, 0.25) is 5.15 Å². The van der Waals surface area contributed by atoms with Crippen LogP contribution >= 0.6 is 22.9 Å². The molecule has 2 atom stereocenters. The monoisotopic (exact) mass is 532 g/mol. The van der Waals surface area contributed by atoms with Crippen LogP contribution in [0.25, 0.3) is 11.1 Å². The third-order valence-corrected chi connectivity index (χ3v) is 6.02. The smallest absolute Gasteiger partial charge is 0.496 e. The maximum atomic E-state index is 10.8. The Kier molecular flexibility index (Phi) is 8.77. The van der Waals surface area contributed by atoms with E-state index in [1.807, 2.05) is 18.4 Å². The number of aromatic nitrogens is 5. The van der Waals surface area contributed by atoms with E-state index in [2.05, 4.69) is 30.7 Å². The fourth-order valence-electron chi connectivity index (χ4n) is 3.32. The fraction of sp³-hybridized carbons (Fsp3) is 0.174. The van der Waals surface area contributed by atoms with Crippen molar-refractivity contribution < 1.29 is 26.0 Å². The van der Waals surface area contributed by atoms with Gasteiger partial charge in [0.25, 0.3) is 0 Å². The van der Waals surface area contributed by atoms with Gasteiger partial charge in [-0.25, -0.2) is 9.97 Å². The number of pyridine rings is 3. The summed E-state index contributed by atoms with van der Waals surface area (Å²) in [6.07, 6.45) is 9.33. The Morgan fingerprint density at radius 3 is 2.71 bits per heavy atom. The standard InChI is InChI=1S/C12H8ClN2O2.C11H7N4S.Ni/c1-17-11-6-15-12(13)4-9(11)10-5-14-3-2-8(10)7-16;12-4-8-2-1-7(5-13-8)9-3-10(9)11-15-14-6-16-11;/h2-6H,1H3;1-2,5,9-10H,3H2;/q2*-1;+2. The molecule has 34 heavy (non-hydrogen) atoms. The number of nitrogens with zero attached hydrogens (tertiary/aromatic N) is 6. The average molecular weight is 534 g/mol. The predicted octanol–water partition coefficient (Wildman–Crippen LogP) is 4.14. The van der Waals surface area contributed by atoms with E-state index in [9.17, 15) is 4.79 Å². The minimum Gasteiger partial charge on any atom is -0.496 e. The summed E-state index contributed by atoms with van der Waals surface area (Å²) in [5.41, 5.74) is 6.09. The van der Waals surface area contributed by atoms with Gasteiger partial charge in [-0.05, 0) is 52.5 Å². The van der Waals surface area contributed by atoms with E-state index >= 15 is 0 Å². The van der Waals surface area contributed by atoms with Crippen LogP contribution < -0.4 is 4.74 Å². The molecule has 4 heterocycles. The molecular formula is C23H15ClN6NiO2S. The van der Waals surface area contributed by atoms with Gasteiger partial charge in [-0.2, -0.15) is 5.26 Å². The number of hydrogen-bond acceptors (Lipinski definition) is 9. The summed E-state index contributed by atoms with van der Waals surface area (Å²) in [5.74, 6) is 1.49. The van der Waals surface area contributed by atoms with Crippen LogP contribution in [-0.2, 0) is 21.3 Å². The van der Waals surface area contributed by atoms with Crippen LogP contribution in [0, 0.1) is 16.8 Å². The molecule has 4 aromatic heterocycles. The minimum absolute atomic E-state index is 0. The summed E-state index contributed by atoms with van der Waals surface area (Å²) in [6.45, 7) is 0. The molecule has 172 valence electrons. The summed E-state index contributed by atoms with van der Waals surface area (Å²) in [4.78, 5) is 22.8. The van der Waals surface area contributed by atoms with Gasteiger partial charge in [-0.15, -0.1) is 11.6 Å². The molecule has 0 radical (unpaired) electrons. The minimum atomic E-state index is 0. The van der Waals surface area contributed by atoms with Gasteiger partial charge in [0.05, 0.1) is 19.6 Å². The summed E-state index contributed by atoms with van der Waals surface area (Å²) >= 11 is 7.31. The first-order valence-electron chi connectivity index (χ1n) is 9.72. The molecule has 1 fully saturated rings. The van der Waals surface area contributed by atoms with Gasteiger partial charge in [0.15, 0.2) is 0 Å². The van der Waals surface area contributed by atoms with Gasteiger partial charge >= 0.3 is 16.5 Å². The number of ether oxygens (including phenoxy) is 1. The zero-order valence-corrected chi connectivity index (χ0v) is 20.1. The van der Waals surface area contributed by atoms with Gasteiger partial charge in [0, 0.05) is 6.20 Å². The van der Waals surface area contributed by atoms with Crippen LogP contribution in [0.3, 0.4) is 0 Å². The number of methoxy groups -OCH3 is 1. The van der Waals surface area contributed by atoms with E-state index < -0.39 is 0 Å². The van der Waals surface area contributed by atoms with E-state index in [1.165, 1.54) is 36.4 Å². The van der Waals surface area contributed by atoms with Crippen molar-refractivity contribution in [1.82, 2.24) is 25.1 Å². The number of rotatable bonds is 5. The number of nitriles is 1. The zero-order chi connectivity index (χ0) is 23.2. The largest absolute Gasteiger partial charge is 2.00 e. The summed E-state index contributed by atoms with van der Waals surface area (Å²) in [6, 6.07) is 8.95. The molecule has 1 aliphatic carbocycles. The van der Waals surface area contributed by atoms with Crippen molar-refractivity contribution in [3.8, 4) is 22.9 Å². The number of hydrogen-bond donors (Lipinski definition) is 0. The van der Waals surface area contributed by atoms with Gasteiger partial charge in [0.2, 0.25) is 0 Å². The Hall–Kier alpha value is -3.25. The van der Waals surface area contributed by atoms with Gasteiger partial charge < -0.3 is 20.9 Å². The van der Waals surface area contributed by atoms with Crippen LogP contribution in [0.4, 0.5) is 0 Å². The van der Waals surface area contributed by atoms with Crippen LogP contribution in [0.1, 0.15) is 40.1 Å². The summed E-state index contributed by atoms with van der Waals surface area (Å²) < 4.78 is 5.18. The molecule has 5 rings (SSSR count). The fourth-order valence-corrected chi connectivity index (χ4v) is 4.15. The molecular weight excluding hydrogens is 519 g/mol. The van der Waals surface area contributed by atoms with Crippen molar-refractivity contribution in [2.45, 2.75) is 18.3 Å². The van der Waals surface area contributed by atoms with Gasteiger partial charge in [-0.3, -0.25) is 15.2 Å². The molecule has 1 aliphatic rings. The Labute approximate surface area is 215 Å². The first-order chi connectivity index (χ1) is 16.1. The molecule has 0 aliphatic heterocycles. The Balaban J connectivity index is 0.000000185. The molecule has 1 saturated carbocycles. The molecule has 0 N–H and O–H groups in total. The molecule has 0 aromatic carbocycles. The third-order valence-electron chi connectivity index (χ3n) is 5.05. The van der Waals surface area contributed by atoms with Crippen LogP contribution in [-0.4, -0.2) is 38.5 Å². The van der Waals surface area contributed by atoms with E-state index in [0.29, 0.717) is 45.1 Å². The first-order valence-corrected chi connectivity index (χ1v) is 10.9. The van der Waals surface area contributed by atoms with Crippen molar-refractivity contribution in [2.24, 2.45) is 0 Å². The molecule has 0 spiro atoms. The maximum Gasteiger partial charge on any atom is 2.00 e.